The topological polar surface area (TPSA) is 224 Å². The van der Waals surface area contributed by atoms with Crippen LogP contribution in [0.25, 0.3) is 0 Å². The van der Waals surface area contributed by atoms with E-state index in [1.54, 1.807) is 13.8 Å². The summed E-state index contributed by atoms with van der Waals surface area (Å²) in [7, 11) is -4.99. The van der Waals surface area contributed by atoms with Crippen LogP contribution in [-0.4, -0.2) is 61.0 Å². The van der Waals surface area contributed by atoms with Crippen molar-refractivity contribution in [3.8, 4) is 5.75 Å². The maximum Gasteiger partial charge on any atom is 0.418 e. The van der Waals surface area contributed by atoms with Crippen LogP contribution in [0.4, 0.5) is 5.13 Å². The standard InChI is InChI=1S/C20H24ClN5O10S2/c1-8(2)16(10-6-11(27)13(29)7-25(10)31)35-24-14(15-17(21)37-19(22)23-15)12(28)5-9-18(30)26(20(9,3)4)36-38(32,33)34/h6-9,16,29,31H,5H2,1-4H3,(H2,22,23)(H,32,33,34)/b24-14+/t9-,16-/m1/s1. The average Bonchev–Trinajstić information content (AvgIpc) is 3.12. The molecule has 2 aromatic heterocycles. The van der Waals surface area contributed by atoms with Gasteiger partial charge in [-0.25, -0.2) is 4.98 Å². The zero-order valence-corrected chi connectivity index (χ0v) is 22.7. The van der Waals surface area contributed by atoms with Gasteiger partial charge in [-0.2, -0.15) is 18.2 Å². The predicted octanol–water partition coefficient (Wildman–Crippen LogP) is 1.53. The number of nitrogens with two attached hydrogens (primary N) is 1. The molecule has 0 radical (unpaired) electrons. The van der Waals surface area contributed by atoms with Crippen LogP contribution in [0.3, 0.4) is 0 Å². The van der Waals surface area contributed by atoms with Crippen LogP contribution in [0.2, 0.25) is 4.34 Å². The summed E-state index contributed by atoms with van der Waals surface area (Å²) in [6, 6.07) is 0.935. The highest BCUT2D eigenvalue weighted by Gasteiger charge is 2.57. The predicted molar refractivity (Wildman–Crippen MR) is 133 cm³/mol. The largest absolute Gasteiger partial charge is 0.503 e. The normalized spacial score (nSPS) is 18.4. The van der Waals surface area contributed by atoms with Gasteiger partial charge in [0.15, 0.2) is 28.5 Å². The summed E-state index contributed by atoms with van der Waals surface area (Å²) in [5.41, 5.74) is 2.92. The Balaban J connectivity index is 1.96. The Morgan fingerprint density at radius 3 is 2.50 bits per heavy atom. The minimum atomic E-state index is -4.99. The van der Waals surface area contributed by atoms with E-state index in [4.69, 9.17) is 26.7 Å². The first kappa shape index (κ1) is 29.3. The molecule has 1 fully saturated rings. The second kappa shape index (κ2) is 10.5. The molecular weight excluding hydrogens is 570 g/mol. The van der Waals surface area contributed by atoms with Gasteiger partial charge in [-0.3, -0.25) is 18.9 Å². The Labute approximate surface area is 224 Å². The number of oxime groups is 1. The van der Waals surface area contributed by atoms with Crippen molar-refractivity contribution >= 4 is 55.9 Å². The monoisotopic (exact) mass is 593 g/mol. The van der Waals surface area contributed by atoms with Gasteiger partial charge in [0.2, 0.25) is 5.43 Å². The number of β-lactam (4-membered cyclic amide) rings is 1. The fourth-order valence-corrected chi connectivity index (χ4v) is 5.09. The fourth-order valence-electron chi connectivity index (χ4n) is 3.71. The van der Waals surface area contributed by atoms with Crippen molar-refractivity contribution < 1.29 is 42.0 Å². The van der Waals surface area contributed by atoms with E-state index in [0.29, 0.717) is 9.79 Å². The lowest BCUT2D eigenvalue weighted by atomic mass is 9.74. The Morgan fingerprint density at radius 1 is 1.37 bits per heavy atom. The molecule has 18 heteroatoms. The second-order valence-corrected chi connectivity index (χ2v) is 11.8. The van der Waals surface area contributed by atoms with Crippen LogP contribution in [0, 0.1) is 11.8 Å². The van der Waals surface area contributed by atoms with Crippen molar-refractivity contribution in [2.75, 3.05) is 5.73 Å². The first-order valence-electron chi connectivity index (χ1n) is 10.8. The number of nitrogen functional groups attached to an aromatic ring is 1. The number of rotatable bonds is 10. The molecule has 2 aromatic rings. The lowest BCUT2D eigenvalue weighted by Crippen LogP contribution is -2.68. The lowest BCUT2D eigenvalue weighted by Gasteiger charge is -2.50. The molecule has 1 aliphatic rings. The number of thiazole rings is 1. The molecule has 1 amide bonds. The third kappa shape index (κ3) is 5.91. The molecule has 0 unspecified atom stereocenters. The van der Waals surface area contributed by atoms with Crippen molar-refractivity contribution in [1.82, 2.24) is 14.8 Å². The number of pyridine rings is 1. The molecule has 0 aromatic carbocycles. The third-order valence-corrected chi connectivity index (χ3v) is 7.14. The summed E-state index contributed by atoms with van der Waals surface area (Å²) in [5, 5.41) is 24.1. The van der Waals surface area contributed by atoms with Gasteiger partial charge in [0.25, 0.3) is 5.91 Å². The van der Waals surface area contributed by atoms with Crippen LogP contribution in [0.1, 0.15) is 51.6 Å². The van der Waals surface area contributed by atoms with Crippen LogP contribution >= 0.6 is 22.9 Å². The SMILES string of the molecule is CC(C)[C@@H](O/N=C(\C(=O)C[C@@H]1C(=O)N(OS(=O)(=O)O)C1(C)C)c1nc(N)sc1Cl)c1cc(=O)c(O)cn1O. The van der Waals surface area contributed by atoms with Crippen molar-refractivity contribution in [1.29, 1.82) is 0 Å². The maximum atomic E-state index is 13.4. The molecule has 3 heterocycles. The van der Waals surface area contributed by atoms with Gasteiger partial charge in [0.05, 0.1) is 17.7 Å². The van der Waals surface area contributed by atoms with E-state index in [0.717, 1.165) is 23.6 Å². The van der Waals surface area contributed by atoms with Crippen molar-refractivity contribution in [2.45, 2.75) is 45.8 Å². The van der Waals surface area contributed by atoms with E-state index in [-0.39, 0.29) is 20.9 Å². The molecule has 1 aliphatic heterocycles. The van der Waals surface area contributed by atoms with E-state index in [9.17, 15) is 33.1 Å². The van der Waals surface area contributed by atoms with E-state index >= 15 is 0 Å². The molecule has 5 N–H and O–H groups in total. The number of hydroxylamine groups is 2. The molecular formula is C20H24ClN5O10S2. The minimum Gasteiger partial charge on any atom is -0.503 e. The number of carbonyl (C=O) groups excluding carboxylic acids is 2. The summed E-state index contributed by atoms with van der Waals surface area (Å²) in [6.45, 7) is 6.18. The number of amides is 1. The Kier molecular flexibility index (Phi) is 8.09. The van der Waals surface area contributed by atoms with Crippen molar-refractivity contribution in [3.63, 3.8) is 0 Å². The molecule has 2 atom stereocenters. The quantitative estimate of drug-likeness (QED) is 0.101. The minimum absolute atomic E-state index is 0.00131. The smallest absolute Gasteiger partial charge is 0.418 e. The molecule has 0 spiro atoms. The number of aromatic nitrogens is 2. The molecule has 0 saturated carbocycles. The summed E-state index contributed by atoms with van der Waals surface area (Å²) >= 11 is 7.04. The van der Waals surface area contributed by atoms with Crippen molar-refractivity contribution in [3.05, 3.63) is 38.2 Å². The first-order chi connectivity index (χ1) is 17.4. The van der Waals surface area contributed by atoms with E-state index < -0.39 is 68.9 Å². The van der Waals surface area contributed by atoms with E-state index in [2.05, 4.69) is 14.4 Å². The number of ketones is 1. The summed E-state index contributed by atoms with van der Waals surface area (Å²) < 4.78 is 35.8. The number of Topliss-reactive ketones (excluding diaryl/α,β-unsaturated/α-hetero) is 1. The van der Waals surface area contributed by atoms with Gasteiger partial charge >= 0.3 is 10.4 Å². The third-order valence-electron chi connectivity index (χ3n) is 5.72. The number of hydrogen-bond acceptors (Lipinski definition) is 13. The zero-order chi connectivity index (χ0) is 28.7. The van der Waals surface area contributed by atoms with Gasteiger partial charge in [0, 0.05) is 12.5 Å². The number of aromatic hydroxyl groups is 1. The van der Waals surface area contributed by atoms with E-state index in [1.807, 2.05) is 0 Å². The fraction of sp³-hybridized carbons (Fsp3) is 0.450. The van der Waals surface area contributed by atoms with Crippen molar-refractivity contribution in [2.24, 2.45) is 17.0 Å². The van der Waals surface area contributed by atoms with Crippen LogP contribution in [0.15, 0.2) is 22.2 Å². The molecule has 1 saturated heterocycles. The highest BCUT2D eigenvalue weighted by atomic mass is 35.5. The van der Waals surface area contributed by atoms with Gasteiger partial charge in [-0.15, -0.1) is 4.28 Å². The first-order valence-corrected chi connectivity index (χ1v) is 13.3. The highest BCUT2D eigenvalue weighted by Crippen LogP contribution is 2.41. The van der Waals surface area contributed by atoms with Gasteiger partial charge in [-0.1, -0.05) is 41.9 Å². The highest BCUT2D eigenvalue weighted by molar-refractivity contribution is 7.80. The molecule has 208 valence electrons. The Bertz CT molecular complexity index is 1470. The molecule has 0 bridgehead atoms. The van der Waals surface area contributed by atoms with Crippen LogP contribution in [-0.2, 0) is 29.1 Å². The van der Waals surface area contributed by atoms with Gasteiger partial charge in [0.1, 0.15) is 15.7 Å². The Morgan fingerprint density at radius 2 is 2.00 bits per heavy atom. The van der Waals surface area contributed by atoms with Gasteiger partial charge < -0.3 is 20.9 Å². The summed E-state index contributed by atoms with van der Waals surface area (Å²) in [6.07, 6.45) is -0.843. The van der Waals surface area contributed by atoms with Crippen LogP contribution in [0.5, 0.6) is 5.75 Å². The van der Waals surface area contributed by atoms with E-state index in [1.165, 1.54) is 13.8 Å². The lowest BCUT2D eigenvalue weighted by molar-refractivity contribution is -0.228. The maximum absolute atomic E-state index is 13.4. The average molecular weight is 594 g/mol. The Hall–Kier alpha value is -3.25. The molecule has 0 aliphatic carbocycles. The molecule has 3 rings (SSSR count). The summed E-state index contributed by atoms with van der Waals surface area (Å²) in [5.74, 6) is -3.89. The summed E-state index contributed by atoms with van der Waals surface area (Å²) in [4.78, 5) is 47.4. The number of anilines is 1. The number of carbonyl (C=O) groups is 2. The zero-order valence-electron chi connectivity index (χ0n) is 20.4. The second-order valence-electron chi connectivity index (χ2n) is 9.15. The number of hydrogen-bond donors (Lipinski definition) is 4. The number of halogens is 1. The number of nitrogens with zero attached hydrogens (tertiary/aromatic N) is 4. The molecule has 38 heavy (non-hydrogen) atoms. The van der Waals surface area contributed by atoms with Gasteiger partial charge in [-0.05, 0) is 19.8 Å². The molecule has 15 nitrogen and oxygen atoms in total. The van der Waals surface area contributed by atoms with Crippen LogP contribution < -0.4 is 11.2 Å².